The Morgan fingerprint density at radius 2 is 1.97 bits per heavy atom. The fourth-order valence-electron chi connectivity index (χ4n) is 3.97. The number of fused-ring (bicyclic) bond motifs is 1. The largest absolute Gasteiger partial charge is 0.493 e. The smallest absolute Gasteiger partial charge is 0.230 e. The van der Waals surface area contributed by atoms with Crippen LogP contribution in [0.4, 0.5) is 4.39 Å². The maximum absolute atomic E-state index is 14.2. The second kappa shape index (κ2) is 11.0. The van der Waals surface area contributed by atoms with Crippen LogP contribution in [0.3, 0.4) is 0 Å². The summed E-state index contributed by atoms with van der Waals surface area (Å²) in [7, 11) is 1.55. The molecule has 180 valence electrons. The molecule has 2 aromatic carbocycles. The van der Waals surface area contributed by atoms with E-state index >= 15 is 0 Å². The highest BCUT2D eigenvalue weighted by Gasteiger charge is 2.22. The number of amides is 1. The zero-order chi connectivity index (χ0) is 24.1. The monoisotopic (exact) mass is 532 g/mol. The number of methoxy groups -OCH3 is 1. The van der Waals surface area contributed by atoms with Gasteiger partial charge in [0.2, 0.25) is 11.8 Å². The number of nitrogens with two attached hydrogens (primary N) is 1. The van der Waals surface area contributed by atoms with Crippen molar-refractivity contribution >= 4 is 32.7 Å². The van der Waals surface area contributed by atoms with Crippen LogP contribution in [0, 0.1) is 11.7 Å². The van der Waals surface area contributed by atoms with Crippen LogP contribution in [-0.2, 0) is 4.79 Å². The van der Waals surface area contributed by atoms with Crippen molar-refractivity contribution in [2.24, 2.45) is 11.7 Å². The first-order valence-corrected chi connectivity index (χ1v) is 11.8. The van der Waals surface area contributed by atoms with Crippen molar-refractivity contribution in [2.75, 3.05) is 33.4 Å². The Labute approximate surface area is 205 Å². The Morgan fingerprint density at radius 3 is 2.68 bits per heavy atom. The number of aromatic nitrogens is 2. The van der Waals surface area contributed by atoms with E-state index in [-0.39, 0.29) is 23.5 Å². The lowest BCUT2D eigenvalue weighted by Gasteiger charge is -2.30. The third-order valence-electron chi connectivity index (χ3n) is 5.85. The molecule has 0 bridgehead atoms. The van der Waals surface area contributed by atoms with Crippen molar-refractivity contribution in [3.8, 4) is 23.1 Å². The molecule has 1 aromatic heterocycles. The Bertz CT molecular complexity index is 1170. The lowest BCUT2D eigenvalue weighted by Crippen LogP contribution is -2.39. The number of primary amides is 1. The molecule has 8 nitrogen and oxygen atoms in total. The Kier molecular flexibility index (Phi) is 7.79. The van der Waals surface area contributed by atoms with E-state index in [1.165, 1.54) is 18.5 Å². The van der Waals surface area contributed by atoms with Gasteiger partial charge in [-0.15, -0.1) is 0 Å². The number of carbonyl (C=O) groups is 1. The molecule has 0 radical (unpaired) electrons. The summed E-state index contributed by atoms with van der Waals surface area (Å²) in [4.78, 5) is 22.1. The SMILES string of the molecule is COc1cc2c(Oc3ccc(Br)cc3F)ncnc2cc1OCCCN1CCC(C(N)=O)CC1. The highest BCUT2D eigenvalue weighted by molar-refractivity contribution is 9.10. The molecule has 0 atom stereocenters. The zero-order valence-electron chi connectivity index (χ0n) is 18.8. The van der Waals surface area contributed by atoms with Crippen LogP contribution in [0.15, 0.2) is 41.1 Å². The number of hydrogen-bond donors (Lipinski definition) is 1. The topological polar surface area (TPSA) is 99.8 Å². The second-order valence-electron chi connectivity index (χ2n) is 8.10. The summed E-state index contributed by atoms with van der Waals surface area (Å²) < 4.78 is 32.1. The molecule has 10 heteroatoms. The lowest BCUT2D eigenvalue weighted by molar-refractivity contribution is -0.123. The summed E-state index contributed by atoms with van der Waals surface area (Å²) >= 11 is 3.23. The van der Waals surface area contributed by atoms with Gasteiger partial charge in [-0.05, 0) is 56.6 Å². The molecule has 0 spiro atoms. The Balaban J connectivity index is 1.41. The molecular formula is C24H26BrFN4O4. The predicted molar refractivity (Wildman–Crippen MR) is 129 cm³/mol. The summed E-state index contributed by atoms with van der Waals surface area (Å²) in [6.07, 6.45) is 3.80. The number of carbonyl (C=O) groups excluding carboxylic acids is 1. The van der Waals surface area contributed by atoms with Gasteiger partial charge < -0.3 is 24.8 Å². The number of piperidine rings is 1. The van der Waals surface area contributed by atoms with Gasteiger partial charge in [-0.3, -0.25) is 4.79 Å². The summed E-state index contributed by atoms with van der Waals surface area (Å²) in [5, 5.41) is 0.575. The van der Waals surface area contributed by atoms with Gasteiger partial charge in [0.05, 0.1) is 24.6 Å². The molecule has 0 unspecified atom stereocenters. The van der Waals surface area contributed by atoms with Crippen LogP contribution >= 0.6 is 15.9 Å². The summed E-state index contributed by atoms with van der Waals surface area (Å²) in [6.45, 7) is 3.10. The van der Waals surface area contributed by atoms with E-state index in [0.29, 0.717) is 33.5 Å². The molecule has 1 amide bonds. The highest BCUT2D eigenvalue weighted by atomic mass is 79.9. The van der Waals surface area contributed by atoms with Crippen LogP contribution in [0.25, 0.3) is 10.9 Å². The van der Waals surface area contributed by atoms with Gasteiger partial charge in [0.15, 0.2) is 23.1 Å². The molecule has 34 heavy (non-hydrogen) atoms. The van der Waals surface area contributed by atoms with Crippen molar-refractivity contribution < 1.29 is 23.4 Å². The maximum atomic E-state index is 14.2. The first kappa shape index (κ1) is 24.2. The number of nitrogens with zero attached hydrogens (tertiary/aromatic N) is 3. The van der Waals surface area contributed by atoms with E-state index in [0.717, 1.165) is 38.9 Å². The molecular weight excluding hydrogens is 507 g/mol. The standard InChI is InChI=1S/C24H26BrFN4O4/c1-32-21-12-17-19(28-14-29-24(17)34-20-4-3-16(25)11-18(20)26)13-22(21)33-10-2-7-30-8-5-15(6-9-30)23(27)31/h3-4,11-15H,2,5-10H2,1H3,(H2,27,31). The van der Waals surface area contributed by atoms with Crippen LogP contribution in [0.2, 0.25) is 0 Å². The Hall–Kier alpha value is -2.98. The summed E-state index contributed by atoms with van der Waals surface area (Å²) in [5.41, 5.74) is 5.99. The van der Waals surface area contributed by atoms with Crippen molar-refractivity contribution in [1.82, 2.24) is 14.9 Å². The molecule has 3 aromatic rings. The van der Waals surface area contributed by atoms with E-state index in [1.807, 2.05) is 0 Å². The highest BCUT2D eigenvalue weighted by Crippen LogP contribution is 2.36. The first-order valence-electron chi connectivity index (χ1n) is 11.0. The lowest BCUT2D eigenvalue weighted by atomic mass is 9.96. The number of rotatable bonds is 9. The van der Waals surface area contributed by atoms with E-state index in [9.17, 15) is 9.18 Å². The minimum Gasteiger partial charge on any atom is -0.493 e. The van der Waals surface area contributed by atoms with E-state index in [4.69, 9.17) is 19.9 Å². The molecule has 4 rings (SSSR count). The average molecular weight is 533 g/mol. The van der Waals surface area contributed by atoms with E-state index < -0.39 is 5.82 Å². The number of hydrogen-bond acceptors (Lipinski definition) is 7. The minimum atomic E-state index is -0.507. The molecule has 2 heterocycles. The molecule has 1 saturated heterocycles. The number of likely N-dealkylation sites (tertiary alicyclic amines) is 1. The maximum Gasteiger partial charge on any atom is 0.230 e. The number of benzene rings is 2. The normalized spacial score (nSPS) is 14.8. The van der Waals surface area contributed by atoms with Gasteiger partial charge in [0.1, 0.15) is 6.33 Å². The zero-order valence-corrected chi connectivity index (χ0v) is 20.4. The predicted octanol–water partition coefficient (Wildman–Crippen LogP) is 4.30. The van der Waals surface area contributed by atoms with Gasteiger partial charge in [-0.2, -0.15) is 0 Å². The molecule has 0 saturated carbocycles. The Morgan fingerprint density at radius 1 is 1.18 bits per heavy atom. The van der Waals surface area contributed by atoms with E-state index in [2.05, 4.69) is 30.8 Å². The number of halogens is 2. The van der Waals surface area contributed by atoms with Gasteiger partial charge in [-0.25, -0.2) is 14.4 Å². The number of ether oxygens (including phenoxy) is 3. The fourth-order valence-corrected chi connectivity index (χ4v) is 4.30. The molecule has 2 N–H and O–H groups in total. The first-order chi connectivity index (χ1) is 16.4. The van der Waals surface area contributed by atoms with Crippen molar-refractivity contribution in [3.63, 3.8) is 0 Å². The van der Waals surface area contributed by atoms with Crippen LogP contribution in [0.5, 0.6) is 23.1 Å². The van der Waals surface area contributed by atoms with Crippen LogP contribution in [-0.4, -0.2) is 54.1 Å². The average Bonchev–Trinajstić information content (AvgIpc) is 2.83. The van der Waals surface area contributed by atoms with Crippen molar-refractivity contribution in [2.45, 2.75) is 19.3 Å². The van der Waals surface area contributed by atoms with Crippen molar-refractivity contribution in [1.29, 1.82) is 0 Å². The van der Waals surface area contributed by atoms with Crippen LogP contribution in [0.1, 0.15) is 19.3 Å². The third-order valence-corrected chi connectivity index (χ3v) is 6.34. The van der Waals surface area contributed by atoms with Crippen molar-refractivity contribution in [3.05, 3.63) is 46.9 Å². The third kappa shape index (κ3) is 5.74. The van der Waals surface area contributed by atoms with Gasteiger partial charge in [0, 0.05) is 23.0 Å². The molecule has 0 aliphatic carbocycles. The van der Waals surface area contributed by atoms with Gasteiger partial charge in [-0.1, -0.05) is 15.9 Å². The summed E-state index contributed by atoms with van der Waals surface area (Å²) in [6, 6.07) is 8.03. The molecule has 1 aliphatic rings. The molecule has 1 fully saturated rings. The second-order valence-corrected chi connectivity index (χ2v) is 9.01. The van der Waals surface area contributed by atoms with Crippen LogP contribution < -0.4 is 19.9 Å². The fraction of sp³-hybridized carbons (Fsp3) is 0.375. The van der Waals surface area contributed by atoms with E-state index in [1.54, 1.807) is 25.3 Å². The van der Waals surface area contributed by atoms with Gasteiger partial charge >= 0.3 is 0 Å². The quantitative estimate of drug-likeness (QED) is 0.410. The minimum absolute atomic E-state index is 0.00882. The van der Waals surface area contributed by atoms with Gasteiger partial charge in [0.25, 0.3) is 0 Å². The summed E-state index contributed by atoms with van der Waals surface area (Å²) in [5.74, 6) is 0.619. The molecule has 1 aliphatic heterocycles.